The number of hydrogen-bond donors (Lipinski definition) is 15. The van der Waals surface area contributed by atoms with Crippen molar-refractivity contribution in [2.45, 2.75) is 73.2 Å². The van der Waals surface area contributed by atoms with Gasteiger partial charge in [-0.2, -0.15) is 0 Å². The van der Waals surface area contributed by atoms with Crippen molar-refractivity contribution in [3.05, 3.63) is 0 Å². The van der Waals surface area contributed by atoms with Crippen molar-refractivity contribution < 1.29 is 125 Å². The second kappa shape index (κ2) is 23.0. The molecule has 0 aromatic carbocycles. The van der Waals surface area contributed by atoms with Crippen LogP contribution >= 0.6 is 0 Å². The van der Waals surface area contributed by atoms with E-state index in [1.54, 1.807) is 0 Å². The molecule has 15 N–H and O–H groups in total. The second-order valence-electron chi connectivity index (χ2n) is 7.48. The van der Waals surface area contributed by atoms with E-state index >= 15 is 0 Å². The first-order valence-corrected chi connectivity index (χ1v) is 10.4. The van der Waals surface area contributed by atoms with Gasteiger partial charge in [-0.1, -0.05) is 0 Å². The van der Waals surface area contributed by atoms with Crippen LogP contribution in [0.4, 0.5) is 0 Å². The topological polar surface area (TPSA) is 424 Å². The van der Waals surface area contributed by atoms with Crippen LogP contribution in [0.3, 0.4) is 0 Å². The molecule has 0 rings (SSSR count). The largest absolute Gasteiger partial charge is 3.00 e. The third-order valence-electron chi connectivity index (χ3n) is 4.49. The van der Waals surface area contributed by atoms with Gasteiger partial charge in [-0.05, 0) is 0 Å². The van der Waals surface area contributed by atoms with Gasteiger partial charge in [0.2, 0.25) is 0 Å². The minimum absolute atomic E-state index is 0. The van der Waals surface area contributed by atoms with Gasteiger partial charge >= 0.3 is 18.5 Å². The van der Waals surface area contributed by atoms with Gasteiger partial charge in [0, 0.05) is 0 Å². The third-order valence-corrected chi connectivity index (χ3v) is 4.49. The average molecular weight is 642 g/mol. The monoisotopic (exact) mass is 642 g/mol. The van der Waals surface area contributed by atoms with Gasteiger partial charge in [0.05, 0.1) is 37.7 Å². The minimum Gasteiger partial charge on any atom is -0.547 e. The average Bonchev–Trinajstić information content (AvgIpc) is 2.92. The molecule has 0 aromatic rings. The summed E-state index contributed by atoms with van der Waals surface area (Å²) in [5.41, 5.74) is 0. The predicted octanol–water partition coefficient (Wildman–Crippen LogP) is -14.4. The van der Waals surface area contributed by atoms with E-state index in [1.165, 1.54) is 0 Å². The van der Waals surface area contributed by atoms with Crippen LogP contribution in [0.25, 0.3) is 0 Å². The van der Waals surface area contributed by atoms with E-state index < -0.39 is 111 Å². The summed E-state index contributed by atoms with van der Waals surface area (Å²) in [6, 6.07) is 0. The van der Waals surface area contributed by atoms with E-state index in [9.17, 15) is 29.7 Å². The first-order valence-electron chi connectivity index (χ1n) is 10.4. The zero-order valence-corrected chi connectivity index (χ0v) is 21.2. The Morgan fingerprint density at radius 1 is 0.425 bits per heavy atom. The van der Waals surface area contributed by atoms with Gasteiger partial charge in [-0.25, -0.2) is 0 Å². The summed E-state index contributed by atoms with van der Waals surface area (Å²) in [7, 11) is 0. The molecule has 0 aromatic heterocycles. The molecule has 0 saturated heterocycles. The van der Waals surface area contributed by atoms with Crippen molar-refractivity contribution in [1.29, 1.82) is 0 Å². The minimum atomic E-state index is -2.31. The first kappa shape index (κ1) is 45.3. The maximum Gasteiger partial charge on any atom is 3.00 e. The molecule has 239 valence electrons. The van der Waals surface area contributed by atoms with Crippen molar-refractivity contribution in [1.82, 2.24) is 0 Å². The number of carboxylic acids is 3. The predicted molar refractivity (Wildman–Crippen MR) is 109 cm³/mol. The van der Waals surface area contributed by atoms with E-state index in [2.05, 4.69) is 0 Å². The molecule has 1 radical (unpaired) electrons. The Bertz CT molecular complexity index is 615. The molecule has 0 unspecified atom stereocenters. The summed E-state index contributed by atoms with van der Waals surface area (Å²) in [4.78, 5) is 29.9. The molecule has 0 fully saturated rings. The van der Waals surface area contributed by atoms with E-state index in [0.29, 0.717) is 0 Å². The maximum absolute atomic E-state index is 9.98. The number of aliphatic hydroxyl groups is 15. The van der Waals surface area contributed by atoms with Crippen LogP contribution in [-0.2, 0) is 31.5 Å². The molecule has 0 heterocycles. The van der Waals surface area contributed by atoms with Gasteiger partial charge in [0.25, 0.3) is 0 Å². The Kier molecular flexibility index (Phi) is 26.0. The van der Waals surface area contributed by atoms with Crippen LogP contribution in [-0.4, -0.2) is 188 Å². The van der Waals surface area contributed by atoms with Gasteiger partial charge in [-0.3, -0.25) is 0 Å². The van der Waals surface area contributed by atoms with E-state index in [1.807, 2.05) is 0 Å². The molecule has 21 nitrogen and oxygen atoms in total. The third kappa shape index (κ3) is 16.6. The number of carbonyl (C=O) groups is 3. The summed E-state index contributed by atoms with van der Waals surface area (Å²) < 4.78 is 0. The Labute approximate surface area is 236 Å². The normalized spacial score (nSPS) is 19.9. The van der Waals surface area contributed by atoms with Crippen molar-refractivity contribution >= 4 is 17.9 Å². The molecule has 0 spiro atoms. The molecule has 0 aliphatic rings. The first-order chi connectivity index (χ1) is 17.7. The smallest absolute Gasteiger partial charge is 0.547 e. The molecule has 0 aliphatic heterocycles. The molecule has 0 amide bonds. The Morgan fingerprint density at radius 3 is 0.675 bits per heavy atom. The SMILES string of the molecule is O=C([O-])[C@H](O)[C@@H](O)[C@H](O)[C@H](O)CO.O=C([O-])[C@H](O)[C@@H](O)[C@H](O)[C@H](O)CO.O=C([O-])[C@H](O)[C@@H](O)[C@H](O)[C@H](O)CO.[Fe+3].[H+]. The summed E-state index contributed by atoms with van der Waals surface area (Å²) in [5, 5.41) is 160. The number of aliphatic hydroxyl groups excluding tert-OH is 15. The zero-order valence-electron chi connectivity index (χ0n) is 21.1. The zero-order chi connectivity index (χ0) is 31.8. The van der Waals surface area contributed by atoms with Crippen LogP contribution in [0.1, 0.15) is 1.43 Å². The summed E-state index contributed by atoms with van der Waals surface area (Å²) in [6.45, 7) is -2.59. The maximum atomic E-state index is 9.98. The fourth-order valence-corrected chi connectivity index (χ4v) is 1.99. The summed E-state index contributed by atoms with van der Waals surface area (Å²) in [6.07, 6.45) is -24.2. The van der Waals surface area contributed by atoms with Crippen LogP contribution in [0.2, 0.25) is 0 Å². The molecule has 22 heteroatoms. The molecule has 0 saturated carbocycles. The summed E-state index contributed by atoms with van der Waals surface area (Å²) in [5.74, 6) is -5.93. The number of hydrogen-bond acceptors (Lipinski definition) is 21. The van der Waals surface area contributed by atoms with E-state index in [-0.39, 0.29) is 18.5 Å². The van der Waals surface area contributed by atoms with E-state index in [0.717, 1.165) is 0 Å². The fraction of sp³-hybridized carbons (Fsp3) is 0.833. The number of carbonyl (C=O) groups excluding carboxylic acids is 3. The van der Waals surface area contributed by atoms with Crippen molar-refractivity contribution in [3.63, 3.8) is 0 Å². The molecular formula is C18H34FeO21+. The van der Waals surface area contributed by atoms with Crippen molar-refractivity contribution in [3.8, 4) is 0 Å². The Balaban J connectivity index is -0.000000154. The molecule has 12 atom stereocenters. The molecule has 0 bridgehead atoms. The van der Waals surface area contributed by atoms with Crippen LogP contribution < -0.4 is 15.3 Å². The molecule has 0 aliphatic carbocycles. The van der Waals surface area contributed by atoms with Crippen LogP contribution in [0.5, 0.6) is 0 Å². The fourth-order valence-electron chi connectivity index (χ4n) is 1.99. The van der Waals surface area contributed by atoms with Crippen LogP contribution in [0, 0.1) is 0 Å². The Morgan fingerprint density at radius 2 is 0.575 bits per heavy atom. The second-order valence-corrected chi connectivity index (χ2v) is 7.48. The Hall–Kier alpha value is -1.67. The summed E-state index contributed by atoms with van der Waals surface area (Å²) >= 11 is 0. The van der Waals surface area contributed by atoms with Crippen LogP contribution in [0.15, 0.2) is 0 Å². The number of rotatable bonds is 15. The standard InChI is InChI=1S/3C6H12O7.Fe/c3*7-1-2(8)3(9)4(10)5(11)6(12)13;/h3*2-5,7-11H,1H2,(H,12,13);/q;;;+3/p-2/t3*2-,3-,4+,5-;/m111./s1. The molecular weight excluding hydrogens is 608 g/mol. The van der Waals surface area contributed by atoms with Gasteiger partial charge in [-0.15, -0.1) is 0 Å². The van der Waals surface area contributed by atoms with Gasteiger partial charge < -0.3 is 106 Å². The van der Waals surface area contributed by atoms with Crippen molar-refractivity contribution in [2.75, 3.05) is 19.8 Å². The quantitative estimate of drug-likeness (QED) is 0.0737. The number of aliphatic carboxylic acids is 3. The van der Waals surface area contributed by atoms with Gasteiger partial charge in [0.15, 0.2) is 0 Å². The van der Waals surface area contributed by atoms with E-state index in [4.69, 9.17) is 76.6 Å². The molecule has 40 heavy (non-hydrogen) atoms. The number of carboxylic acid groups (broad SMARTS) is 3. The van der Waals surface area contributed by atoms with Crippen molar-refractivity contribution in [2.24, 2.45) is 0 Å². The van der Waals surface area contributed by atoms with Gasteiger partial charge in [0.1, 0.15) is 73.2 Å².